The summed E-state index contributed by atoms with van der Waals surface area (Å²) in [6.45, 7) is 3.44. The summed E-state index contributed by atoms with van der Waals surface area (Å²) >= 11 is 0. The third-order valence-corrected chi connectivity index (χ3v) is 7.26. The van der Waals surface area contributed by atoms with Gasteiger partial charge in [-0.1, -0.05) is 12.1 Å². The molecule has 7 heteroatoms. The second kappa shape index (κ2) is 8.46. The van der Waals surface area contributed by atoms with Crippen LogP contribution < -0.4 is 5.32 Å². The number of hydrogen-bond donors (Lipinski definition) is 1. The predicted octanol–water partition coefficient (Wildman–Crippen LogP) is 4.22. The third kappa shape index (κ3) is 4.24. The Kier molecular flexibility index (Phi) is 6.77. The lowest BCUT2D eigenvalue weighted by Crippen LogP contribution is -2.36. The van der Waals surface area contributed by atoms with Crippen molar-refractivity contribution >= 4 is 22.2 Å². The van der Waals surface area contributed by atoms with Crippen LogP contribution in [0.15, 0.2) is 47.4 Å². The number of benzene rings is 2. The fraction of sp³-hybridized carbons (Fsp3) is 0.368. The van der Waals surface area contributed by atoms with Crippen molar-refractivity contribution in [2.75, 3.05) is 13.1 Å². The van der Waals surface area contributed by atoms with E-state index in [1.54, 1.807) is 19.1 Å². The lowest BCUT2D eigenvalue weighted by Gasteiger charge is -2.28. The number of sulfone groups is 1. The van der Waals surface area contributed by atoms with Gasteiger partial charge in [0.15, 0.2) is 9.84 Å². The molecule has 0 amide bonds. The van der Waals surface area contributed by atoms with E-state index in [0.717, 1.165) is 32.0 Å². The summed E-state index contributed by atoms with van der Waals surface area (Å²) in [6.07, 6.45) is 1.69. The van der Waals surface area contributed by atoms with Gasteiger partial charge < -0.3 is 5.32 Å². The first kappa shape index (κ1) is 20.8. The van der Waals surface area contributed by atoms with Crippen molar-refractivity contribution in [3.05, 3.63) is 54.1 Å². The Labute approximate surface area is 159 Å². The fourth-order valence-corrected chi connectivity index (χ4v) is 5.05. The number of nitrogens with one attached hydrogen (secondary N) is 1. The smallest absolute Gasteiger partial charge is 0.181 e. The molecule has 0 radical (unpaired) electrons. The molecule has 142 valence electrons. The zero-order chi connectivity index (χ0) is 18.0. The van der Waals surface area contributed by atoms with Crippen molar-refractivity contribution in [2.45, 2.75) is 29.9 Å². The van der Waals surface area contributed by atoms with E-state index >= 15 is 0 Å². The van der Waals surface area contributed by atoms with Crippen molar-refractivity contribution < 1.29 is 17.2 Å². The van der Waals surface area contributed by atoms with E-state index in [0.29, 0.717) is 5.56 Å². The van der Waals surface area contributed by atoms with Gasteiger partial charge in [-0.2, -0.15) is 0 Å². The summed E-state index contributed by atoms with van der Waals surface area (Å²) in [5.41, 5.74) is 0.766. The Balaban J connectivity index is 0.00000243. The molecule has 2 aromatic rings. The number of halogens is 3. The molecule has 0 bridgehead atoms. The van der Waals surface area contributed by atoms with Crippen LogP contribution in [0.5, 0.6) is 0 Å². The monoisotopic (exact) mass is 401 g/mol. The minimum absolute atomic E-state index is 0. The van der Waals surface area contributed by atoms with Gasteiger partial charge in [-0.3, -0.25) is 0 Å². The molecule has 3 rings (SSSR count). The summed E-state index contributed by atoms with van der Waals surface area (Å²) in [6, 6.07) is 9.50. The van der Waals surface area contributed by atoms with Gasteiger partial charge in [0.1, 0.15) is 11.6 Å². The molecule has 1 saturated heterocycles. The Morgan fingerprint density at radius 3 is 2.23 bits per heavy atom. The van der Waals surface area contributed by atoms with Crippen LogP contribution in [-0.4, -0.2) is 26.8 Å². The fourth-order valence-electron chi connectivity index (χ4n) is 3.33. The molecule has 1 heterocycles. The summed E-state index contributed by atoms with van der Waals surface area (Å²) < 4.78 is 52.6. The average molecular weight is 402 g/mol. The molecule has 1 N–H and O–H groups in total. The molecule has 0 aliphatic carbocycles. The lowest BCUT2D eigenvalue weighted by molar-refractivity contribution is 0.363. The van der Waals surface area contributed by atoms with Gasteiger partial charge in [0.25, 0.3) is 0 Å². The molecule has 0 spiro atoms. The van der Waals surface area contributed by atoms with Crippen LogP contribution in [-0.2, 0) is 9.84 Å². The topological polar surface area (TPSA) is 46.2 Å². The molecule has 1 atom stereocenters. The van der Waals surface area contributed by atoms with Gasteiger partial charge in [0, 0.05) is 11.6 Å². The second-order valence-corrected chi connectivity index (χ2v) is 8.79. The first-order valence-corrected chi connectivity index (χ1v) is 9.94. The van der Waals surface area contributed by atoms with Gasteiger partial charge in [0.2, 0.25) is 0 Å². The molecule has 1 unspecified atom stereocenters. The standard InChI is InChI=1S/C19H21F2NO2S.ClH/c1-13(14-8-10-22-11-9-14)25(23,24)17-5-2-15(3-6-17)18-7-4-16(20)12-19(18)21;/h2-7,12-14,22H,8-11H2,1H3;1H. The molecule has 3 nitrogen and oxygen atoms in total. The van der Waals surface area contributed by atoms with Crippen molar-refractivity contribution in [3.63, 3.8) is 0 Å². The first-order valence-electron chi connectivity index (χ1n) is 8.39. The Hall–Kier alpha value is -1.50. The lowest BCUT2D eigenvalue weighted by atomic mass is 9.95. The van der Waals surface area contributed by atoms with Crippen molar-refractivity contribution in [3.8, 4) is 11.1 Å². The maximum atomic E-state index is 13.9. The maximum absolute atomic E-state index is 13.9. The van der Waals surface area contributed by atoms with Crippen molar-refractivity contribution in [2.24, 2.45) is 5.92 Å². The quantitative estimate of drug-likeness (QED) is 0.834. The largest absolute Gasteiger partial charge is 0.317 e. The molecule has 1 fully saturated rings. The van der Waals surface area contributed by atoms with Crippen LogP contribution in [0.25, 0.3) is 11.1 Å². The molecule has 0 aromatic heterocycles. The molecular weight excluding hydrogens is 380 g/mol. The van der Waals surface area contributed by atoms with E-state index in [-0.39, 0.29) is 28.8 Å². The van der Waals surface area contributed by atoms with Gasteiger partial charge >= 0.3 is 0 Å². The highest BCUT2D eigenvalue weighted by atomic mass is 35.5. The van der Waals surface area contributed by atoms with Crippen molar-refractivity contribution in [1.29, 1.82) is 0 Å². The van der Waals surface area contributed by atoms with Crippen LogP contribution in [0.3, 0.4) is 0 Å². The van der Waals surface area contributed by atoms with Crippen LogP contribution in [0.2, 0.25) is 0 Å². The van der Waals surface area contributed by atoms with Crippen molar-refractivity contribution in [1.82, 2.24) is 5.32 Å². The summed E-state index contributed by atoms with van der Waals surface area (Å²) in [4.78, 5) is 0.241. The van der Waals surface area contributed by atoms with Crippen LogP contribution >= 0.6 is 12.4 Å². The molecular formula is C19H22ClF2NO2S. The van der Waals surface area contributed by atoms with Gasteiger partial charge in [-0.15, -0.1) is 12.4 Å². The van der Waals surface area contributed by atoms with E-state index in [2.05, 4.69) is 5.32 Å². The molecule has 1 aliphatic heterocycles. The van der Waals surface area contributed by atoms with Gasteiger partial charge in [-0.05, 0) is 68.6 Å². The normalized spacial score (nSPS) is 16.7. The number of rotatable bonds is 4. The predicted molar refractivity (Wildman–Crippen MR) is 101 cm³/mol. The van der Waals surface area contributed by atoms with Crippen LogP contribution in [0.1, 0.15) is 19.8 Å². The zero-order valence-electron chi connectivity index (χ0n) is 14.4. The highest BCUT2D eigenvalue weighted by molar-refractivity contribution is 7.92. The molecule has 2 aromatic carbocycles. The SMILES string of the molecule is CC(C1CCNCC1)S(=O)(=O)c1ccc(-c2ccc(F)cc2F)cc1.Cl. The second-order valence-electron chi connectivity index (χ2n) is 6.49. The first-order chi connectivity index (χ1) is 11.9. The van der Waals surface area contributed by atoms with E-state index in [4.69, 9.17) is 0 Å². The summed E-state index contributed by atoms with van der Waals surface area (Å²) in [5, 5.41) is 2.78. The van der Waals surface area contributed by atoms with Crippen LogP contribution in [0.4, 0.5) is 8.78 Å². The van der Waals surface area contributed by atoms with Gasteiger partial charge in [-0.25, -0.2) is 17.2 Å². The molecule has 0 saturated carbocycles. The number of hydrogen-bond acceptors (Lipinski definition) is 3. The minimum Gasteiger partial charge on any atom is -0.317 e. The number of piperidine rings is 1. The molecule has 26 heavy (non-hydrogen) atoms. The third-order valence-electron chi connectivity index (χ3n) is 4.96. The highest BCUT2D eigenvalue weighted by Gasteiger charge is 2.31. The van der Waals surface area contributed by atoms with Crippen LogP contribution in [0, 0.1) is 17.6 Å². The van der Waals surface area contributed by atoms with E-state index in [1.165, 1.54) is 24.3 Å². The minimum atomic E-state index is -3.44. The molecule has 1 aliphatic rings. The Morgan fingerprint density at radius 1 is 1.04 bits per heavy atom. The zero-order valence-corrected chi connectivity index (χ0v) is 16.0. The Bertz CT molecular complexity index is 850. The Morgan fingerprint density at radius 2 is 1.65 bits per heavy atom. The summed E-state index contributed by atoms with van der Waals surface area (Å²) in [7, 11) is -3.44. The average Bonchev–Trinajstić information content (AvgIpc) is 2.62. The van der Waals surface area contributed by atoms with Gasteiger partial charge in [0.05, 0.1) is 10.1 Å². The van der Waals surface area contributed by atoms with E-state index in [1.807, 2.05) is 0 Å². The maximum Gasteiger partial charge on any atom is 0.181 e. The highest BCUT2D eigenvalue weighted by Crippen LogP contribution is 2.29. The van der Waals surface area contributed by atoms with E-state index in [9.17, 15) is 17.2 Å². The van der Waals surface area contributed by atoms with E-state index < -0.39 is 26.7 Å². The summed E-state index contributed by atoms with van der Waals surface area (Å²) in [5.74, 6) is -1.17.